The molecule has 3 aromatic rings. The van der Waals surface area contributed by atoms with Gasteiger partial charge in [0.05, 0.1) is 18.0 Å². The largest absolute Gasteiger partial charge is 0.497 e. The van der Waals surface area contributed by atoms with Gasteiger partial charge in [0.25, 0.3) is 5.91 Å². The van der Waals surface area contributed by atoms with Crippen molar-refractivity contribution in [3.8, 4) is 5.75 Å². The van der Waals surface area contributed by atoms with Gasteiger partial charge in [-0.25, -0.2) is 0 Å². The quantitative estimate of drug-likeness (QED) is 0.712. The molecule has 0 saturated heterocycles. The van der Waals surface area contributed by atoms with Crippen LogP contribution in [0.3, 0.4) is 0 Å². The molecule has 0 bridgehead atoms. The zero-order chi connectivity index (χ0) is 20.3. The van der Waals surface area contributed by atoms with E-state index in [-0.39, 0.29) is 16.9 Å². The van der Waals surface area contributed by atoms with E-state index >= 15 is 0 Å². The fraction of sp³-hybridized carbons (Fsp3) is 0.190. The molecule has 0 spiro atoms. The number of carbonyl (C=O) groups is 2. The Bertz CT molecular complexity index is 1100. The summed E-state index contributed by atoms with van der Waals surface area (Å²) in [4.78, 5) is 36.7. The molecule has 0 aliphatic rings. The van der Waals surface area contributed by atoms with Crippen LogP contribution in [0.15, 0.2) is 53.5 Å². The summed E-state index contributed by atoms with van der Waals surface area (Å²) in [6.45, 7) is 3.97. The number of nitrogens with one attached hydrogen (secondary N) is 2. The lowest BCUT2D eigenvalue weighted by Crippen LogP contribution is -2.24. The second-order valence-corrected chi connectivity index (χ2v) is 6.25. The first-order valence-electron chi connectivity index (χ1n) is 8.83. The minimum Gasteiger partial charge on any atom is -0.497 e. The molecule has 0 fully saturated rings. The molecule has 1 heterocycles. The van der Waals surface area contributed by atoms with Crippen LogP contribution in [0, 0.1) is 0 Å². The topological polar surface area (TPSA) is 89.4 Å². The highest BCUT2D eigenvalue weighted by Gasteiger charge is 2.16. The molecule has 0 saturated carbocycles. The number of hydrogen-bond donors (Lipinski definition) is 2. The molecule has 7 nitrogen and oxygen atoms in total. The first-order chi connectivity index (χ1) is 13.4. The molecular weight excluding hydrogens is 358 g/mol. The highest BCUT2D eigenvalue weighted by molar-refractivity contribution is 6.06. The zero-order valence-electron chi connectivity index (χ0n) is 15.9. The van der Waals surface area contributed by atoms with Crippen molar-refractivity contribution in [3.63, 3.8) is 0 Å². The minimum atomic E-state index is -0.496. The SMILES string of the molecule is CCn1cc(C(=O)Nc2ccc(NC(C)=O)cc2)c(=O)c2cc(OC)ccc21. The molecular formula is C21H21N3O4. The number of hydrogen-bond acceptors (Lipinski definition) is 4. The zero-order valence-corrected chi connectivity index (χ0v) is 15.9. The summed E-state index contributed by atoms with van der Waals surface area (Å²) in [6.07, 6.45) is 1.57. The number of pyridine rings is 1. The Hall–Kier alpha value is -3.61. The van der Waals surface area contributed by atoms with Crippen LogP contribution in [-0.2, 0) is 11.3 Å². The molecule has 0 unspecified atom stereocenters. The Kier molecular flexibility index (Phi) is 5.44. The predicted molar refractivity (Wildman–Crippen MR) is 109 cm³/mol. The fourth-order valence-electron chi connectivity index (χ4n) is 2.97. The molecule has 0 atom stereocenters. The van der Waals surface area contributed by atoms with E-state index < -0.39 is 5.91 Å². The van der Waals surface area contributed by atoms with Gasteiger partial charge in [0.2, 0.25) is 11.3 Å². The molecule has 7 heteroatoms. The molecule has 0 aliphatic carbocycles. The molecule has 1 aromatic heterocycles. The van der Waals surface area contributed by atoms with Crippen LogP contribution in [-0.4, -0.2) is 23.5 Å². The third kappa shape index (κ3) is 3.88. The van der Waals surface area contributed by atoms with Crippen molar-refractivity contribution in [1.29, 1.82) is 0 Å². The number of ether oxygens (including phenoxy) is 1. The van der Waals surface area contributed by atoms with Gasteiger partial charge in [-0.15, -0.1) is 0 Å². The number of amides is 2. The number of methoxy groups -OCH3 is 1. The third-order valence-electron chi connectivity index (χ3n) is 4.34. The van der Waals surface area contributed by atoms with E-state index in [0.717, 1.165) is 5.52 Å². The molecule has 3 rings (SSSR count). The maximum atomic E-state index is 12.9. The van der Waals surface area contributed by atoms with Gasteiger partial charge < -0.3 is 19.9 Å². The van der Waals surface area contributed by atoms with Crippen molar-refractivity contribution in [2.24, 2.45) is 0 Å². The lowest BCUT2D eigenvalue weighted by Gasteiger charge is -2.13. The van der Waals surface area contributed by atoms with Crippen molar-refractivity contribution in [2.75, 3.05) is 17.7 Å². The van der Waals surface area contributed by atoms with E-state index in [1.54, 1.807) is 42.6 Å². The number of carbonyl (C=O) groups excluding carboxylic acids is 2. The predicted octanol–water partition coefficient (Wildman–Crippen LogP) is 3.24. The van der Waals surface area contributed by atoms with Crippen molar-refractivity contribution in [2.45, 2.75) is 20.4 Å². The van der Waals surface area contributed by atoms with Crippen LogP contribution in [0.4, 0.5) is 11.4 Å². The van der Waals surface area contributed by atoms with Gasteiger partial charge >= 0.3 is 0 Å². The van der Waals surface area contributed by atoms with E-state index in [0.29, 0.717) is 29.1 Å². The second kappa shape index (κ2) is 7.96. The molecule has 2 N–H and O–H groups in total. The van der Waals surface area contributed by atoms with Crippen LogP contribution in [0.2, 0.25) is 0 Å². The van der Waals surface area contributed by atoms with E-state index in [4.69, 9.17) is 4.74 Å². The number of anilines is 2. The number of fused-ring (bicyclic) bond motifs is 1. The first-order valence-corrected chi connectivity index (χ1v) is 8.83. The highest BCUT2D eigenvalue weighted by atomic mass is 16.5. The summed E-state index contributed by atoms with van der Waals surface area (Å²) in [5, 5.41) is 5.81. The molecule has 0 aliphatic heterocycles. The summed E-state index contributed by atoms with van der Waals surface area (Å²) in [6, 6.07) is 11.9. The van der Waals surface area contributed by atoms with Gasteiger partial charge in [-0.05, 0) is 49.4 Å². The molecule has 144 valence electrons. The van der Waals surface area contributed by atoms with Gasteiger partial charge in [-0.2, -0.15) is 0 Å². The van der Waals surface area contributed by atoms with Crippen molar-refractivity contribution >= 4 is 34.1 Å². The molecule has 0 radical (unpaired) electrons. The van der Waals surface area contributed by atoms with Crippen LogP contribution >= 0.6 is 0 Å². The van der Waals surface area contributed by atoms with E-state index in [1.807, 2.05) is 17.6 Å². The minimum absolute atomic E-state index is 0.0496. The summed E-state index contributed by atoms with van der Waals surface area (Å²) >= 11 is 0. The summed E-state index contributed by atoms with van der Waals surface area (Å²) in [5.74, 6) is -0.119. The molecule has 2 amide bonds. The average Bonchev–Trinajstić information content (AvgIpc) is 2.69. The standard InChI is InChI=1S/C21H21N3O4/c1-4-24-12-18(20(26)17-11-16(28-3)9-10-19(17)24)21(27)23-15-7-5-14(6-8-15)22-13(2)25/h5-12H,4H2,1-3H3,(H,22,25)(H,23,27). The number of benzene rings is 2. The van der Waals surface area contributed by atoms with E-state index in [1.165, 1.54) is 14.0 Å². The van der Waals surface area contributed by atoms with Gasteiger partial charge in [0, 0.05) is 31.0 Å². The monoisotopic (exact) mass is 379 g/mol. The van der Waals surface area contributed by atoms with Crippen LogP contribution in [0.5, 0.6) is 5.75 Å². The van der Waals surface area contributed by atoms with Gasteiger partial charge in [-0.3, -0.25) is 14.4 Å². The summed E-state index contributed by atoms with van der Waals surface area (Å²) in [5.41, 5.74) is 1.58. The number of nitrogens with zero attached hydrogens (tertiary/aromatic N) is 1. The smallest absolute Gasteiger partial charge is 0.261 e. The van der Waals surface area contributed by atoms with Crippen molar-refractivity contribution in [1.82, 2.24) is 4.57 Å². The number of aryl methyl sites for hydroxylation is 1. The Morgan fingerprint density at radius 3 is 2.25 bits per heavy atom. The highest BCUT2D eigenvalue weighted by Crippen LogP contribution is 2.20. The van der Waals surface area contributed by atoms with Gasteiger partial charge in [0.15, 0.2) is 0 Å². The maximum absolute atomic E-state index is 12.9. The Labute approximate surface area is 161 Å². The summed E-state index contributed by atoms with van der Waals surface area (Å²) in [7, 11) is 1.53. The second-order valence-electron chi connectivity index (χ2n) is 6.25. The van der Waals surface area contributed by atoms with Crippen LogP contribution < -0.4 is 20.8 Å². The van der Waals surface area contributed by atoms with E-state index in [2.05, 4.69) is 10.6 Å². The summed E-state index contributed by atoms with van der Waals surface area (Å²) < 4.78 is 7.06. The van der Waals surface area contributed by atoms with Crippen molar-refractivity contribution < 1.29 is 14.3 Å². The fourth-order valence-corrected chi connectivity index (χ4v) is 2.97. The first kappa shape index (κ1) is 19.2. The maximum Gasteiger partial charge on any atom is 0.261 e. The van der Waals surface area contributed by atoms with Gasteiger partial charge in [0.1, 0.15) is 11.3 Å². The molecule has 2 aromatic carbocycles. The number of aromatic nitrogens is 1. The van der Waals surface area contributed by atoms with Crippen LogP contribution in [0.1, 0.15) is 24.2 Å². The van der Waals surface area contributed by atoms with Gasteiger partial charge in [-0.1, -0.05) is 0 Å². The lowest BCUT2D eigenvalue weighted by atomic mass is 10.1. The normalized spacial score (nSPS) is 10.5. The third-order valence-corrected chi connectivity index (χ3v) is 4.34. The Morgan fingerprint density at radius 1 is 1.04 bits per heavy atom. The Morgan fingerprint density at radius 2 is 1.68 bits per heavy atom. The van der Waals surface area contributed by atoms with Crippen molar-refractivity contribution in [3.05, 3.63) is 64.4 Å². The average molecular weight is 379 g/mol. The lowest BCUT2D eigenvalue weighted by molar-refractivity contribution is -0.114. The number of rotatable bonds is 5. The van der Waals surface area contributed by atoms with E-state index in [9.17, 15) is 14.4 Å². The van der Waals surface area contributed by atoms with Crippen LogP contribution in [0.25, 0.3) is 10.9 Å². The Balaban J connectivity index is 1.96. The molecule has 28 heavy (non-hydrogen) atoms.